The molecule has 7 nitrogen and oxygen atoms in total. The minimum atomic E-state index is 0.262. The van der Waals surface area contributed by atoms with Crippen LogP contribution in [-0.2, 0) is 0 Å². The molecule has 3 heterocycles. The average molecular weight is 261 g/mol. The van der Waals surface area contributed by atoms with Crippen molar-refractivity contribution in [3.8, 4) is 0 Å². The Hall–Kier alpha value is -1.89. The predicted molar refractivity (Wildman–Crippen MR) is 74.9 cm³/mol. The van der Waals surface area contributed by atoms with E-state index in [4.69, 9.17) is 5.73 Å². The maximum absolute atomic E-state index is 5.70. The van der Waals surface area contributed by atoms with Gasteiger partial charge < -0.3 is 11.1 Å². The number of rotatable bonds is 4. The van der Waals surface area contributed by atoms with E-state index < -0.39 is 0 Å². The molecule has 1 unspecified atom stereocenters. The number of nitrogens with zero attached hydrogens (tertiary/aromatic N) is 4. The molecular weight excluding hydrogens is 242 g/mol. The molecule has 1 saturated heterocycles. The molecule has 3 rings (SSSR count). The molecule has 2 aromatic rings. The molecule has 2 aromatic heterocycles. The van der Waals surface area contributed by atoms with Crippen molar-refractivity contribution >= 4 is 22.8 Å². The zero-order valence-electron chi connectivity index (χ0n) is 11.1. The van der Waals surface area contributed by atoms with Crippen molar-refractivity contribution in [1.82, 2.24) is 25.1 Å². The number of nitrogens with one attached hydrogen (secondary N) is 2. The number of hydrogen-bond donors (Lipinski definition) is 3. The van der Waals surface area contributed by atoms with Crippen LogP contribution >= 0.6 is 0 Å². The van der Waals surface area contributed by atoms with E-state index in [0.29, 0.717) is 11.7 Å². The van der Waals surface area contributed by atoms with E-state index in [-0.39, 0.29) is 5.95 Å². The van der Waals surface area contributed by atoms with Crippen molar-refractivity contribution in [2.24, 2.45) is 0 Å². The van der Waals surface area contributed by atoms with Gasteiger partial charge in [0, 0.05) is 12.6 Å². The minimum Gasteiger partial charge on any atom is -0.368 e. The number of nitrogen functional groups attached to an aromatic ring is 1. The smallest absolute Gasteiger partial charge is 0.224 e. The second-order valence-electron chi connectivity index (χ2n) is 4.87. The van der Waals surface area contributed by atoms with Gasteiger partial charge in [-0.2, -0.15) is 15.1 Å². The molecule has 1 atom stereocenters. The van der Waals surface area contributed by atoms with Crippen LogP contribution in [0, 0.1) is 0 Å². The van der Waals surface area contributed by atoms with Gasteiger partial charge in [0.2, 0.25) is 5.95 Å². The van der Waals surface area contributed by atoms with Crippen LogP contribution in [0.5, 0.6) is 0 Å². The quantitative estimate of drug-likeness (QED) is 0.754. The van der Waals surface area contributed by atoms with Crippen molar-refractivity contribution < 1.29 is 0 Å². The molecule has 4 N–H and O–H groups in total. The fraction of sp³-hybridized carbons (Fsp3) is 0.583. The van der Waals surface area contributed by atoms with Crippen molar-refractivity contribution in [2.45, 2.75) is 25.8 Å². The Morgan fingerprint density at radius 3 is 3.26 bits per heavy atom. The van der Waals surface area contributed by atoms with Gasteiger partial charge in [0.15, 0.2) is 5.65 Å². The summed E-state index contributed by atoms with van der Waals surface area (Å²) in [6.45, 7) is 5.37. The van der Waals surface area contributed by atoms with E-state index in [2.05, 4.69) is 37.3 Å². The number of hydrogen-bond acceptors (Lipinski definition) is 6. The lowest BCUT2D eigenvalue weighted by Crippen LogP contribution is -2.34. The van der Waals surface area contributed by atoms with Crippen molar-refractivity contribution in [1.29, 1.82) is 0 Å². The number of nitrogens with two attached hydrogens (primary N) is 1. The number of aromatic nitrogens is 4. The Kier molecular flexibility index (Phi) is 3.20. The van der Waals surface area contributed by atoms with Crippen LogP contribution in [0.15, 0.2) is 6.20 Å². The molecule has 0 amide bonds. The number of fused-ring (bicyclic) bond motifs is 1. The van der Waals surface area contributed by atoms with Crippen molar-refractivity contribution in [2.75, 3.05) is 30.7 Å². The molecule has 1 fully saturated rings. The summed E-state index contributed by atoms with van der Waals surface area (Å²) in [5.74, 6) is 1.03. The fourth-order valence-electron chi connectivity index (χ4n) is 2.74. The van der Waals surface area contributed by atoms with Gasteiger partial charge >= 0.3 is 0 Å². The van der Waals surface area contributed by atoms with Crippen molar-refractivity contribution in [3.63, 3.8) is 0 Å². The summed E-state index contributed by atoms with van der Waals surface area (Å²) in [5, 5.41) is 11.1. The van der Waals surface area contributed by atoms with Gasteiger partial charge in [-0.1, -0.05) is 6.92 Å². The Balaban J connectivity index is 1.76. The third kappa shape index (κ3) is 2.33. The Morgan fingerprint density at radius 2 is 2.42 bits per heavy atom. The fourth-order valence-corrected chi connectivity index (χ4v) is 2.74. The maximum atomic E-state index is 5.70. The third-order valence-corrected chi connectivity index (χ3v) is 3.74. The van der Waals surface area contributed by atoms with E-state index in [0.717, 1.165) is 24.3 Å². The van der Waals surface area contributed by atoms with Gasteiger partial charge in [-0.05, 0) is 25.9 Å². The Morgan fingerprint density at radius 1 is 1.53 bits per heavy atom. The average Bonchev–Trinajstić information content (AvgIpc) is 3.03. The summed E-state index contributed by atoms with van der Waals surface area (Å²) < 4.78 is 0. The molecule has 0 saturated carbocycles. The highest BCUT2D eigenvalue weighted by Crippen LogP contribution is 2.21. The van der Waals surface area contributed by atoms with Gasteiger partial charge in [0.05, 0.1) is 11.6 Å². The van der Waals surface area contributed by atoms with Crippen LogP contribution in [0.2, 0.25) is 0 Å². The first-order valence-electron chi connectivity index (χ1n) is 6.72. The summed E-state index contributed by atoms with van der Waals surface area (Å²) in [6.07, 6.45) is 4.23. The molecule has 0 aliphatic carbocycles. The largest absolute Gasteiger partial charge is 0.368 e. The Bertz CT molecular complexity index is 564. The van der Waals surface area contributed by atoms with Crippen LogP contribution < -0.4 is 11.1 Å². The highest BCUT2D eigenvalue weighted by atomic mass is 15.2. The van der Waals surface area contributed by atoms with E-state index >= 15 is 0 Å². The summed E-state index contributed by atoms with van der Waals surface area (Å²) in [6, 6.07) is 0.572. The molecule has 0 aromatic carbocycles. The van der Waals surface area contributed by atoms with E-state index in [1.165, 1.54) is 19.4 Å². The summed E-state index contributed by atoms with van der Waals surface area (Å²) in [4.78, 5) is 10.9. The standard InChI is InChI=1S/C12H19N7/c1-2-19-5-3-4-8(19)6-14-10-9-7-15-18-11(9)17-12(13)16-10/h7-8H,2-6H2,1H3,(H4,13,14,15,16,17,18). The molecule has 1 aliphatic rings. The summed E-state index contributed by atoms with van der Waals surface area (Å²) in [7, 11) is 0. The second-order valence-corrected chi connectivity index (χ2v) is 4.87. The van der Waals surface area contributed by atoms with Crippen LogP contribution in [0.4, 0.5) is 11.8 Å². The van der Waals surface area contributed by atoms with Gasteiger partial charge in [0.1, 0.15) is 5.82 Å². The highest BCUT2D eigenvalue weighted by Gasteiger charge is 2.23. The van der Waals surface area contributed by atoms with Gasteiger partial charge in [0.25, 0.3) is 0 Å². The van der Waals surface area contributed by atoms with E-state index in [1.54, 1.807) is 6.20 Å². The SMILES string of the molecule is CCN1CCCC1CNc1nc(N)nc2[nH]ncc12. The predicted octanol–water partition coefficient (Wildman–Crippen LogP) is 0.831. The number of anilines is 2. The number of likely N-dealkylation sites (N-methyl/N-ethyl adjacent to an activating group) is 1. The first-order valence-corrected chi connectivity index (χ1v) is 6.72. The lowest BCUT2D eigenvalue weighted by Gasteiger charge is -2.23. The molecule has 7 heteroatoms. The lowest BCUT2D eigenvalue weighted by atomic mass is 10.2. The van der Waals surface area contributed by atoms with Crippen LogP contribution in [0.1, 0.15) is 19.8 Å². The van der Waals surface area contributed by atoms with Gasteiger partial charge in [-0.25, -0.2) is 0 Å². The molecule has 0 radical (unpaired) electrons. The maximum Gasteiger partial charge on any atom is 0.224 e. The summed E-state index contributed by atoms with van der Waals surface area (Å²) in [5.41, 5.74) is 6.38. The Labute approximate surface area is 111 Å². The molecule has 1 aliphatic heterocycles. The topological polar surface area (TPSA) is 95.7 Å². The lowest BCUT2D eigenvalue weighted by molar-refractivity contribution is 0.277. The molecule has 19 heavy (non-hydrogen) atoms. The minimum absolute atomic E-state index is 0.262. The molecule has 0 bridgehead atoms. The van der Waals surface area contributed by atoms with Crippen LogP contribution in [-0.4, -0.2) is 50.7 Å². The second kappa shape index (κ2) is 5.00. The molecule has 102 valence electrons. The van der Waals surface area contributed by atoms with Crippen LogP contribution in [0.25, 0.3) is 11.0 Å². The number of likely N-dealkylation sites (tertiary alicyclic amines) is 1. The van der Waals surface area contributed by atoms with Crippen LogP contribution in [0.3, 0.4) is 0 Å². The van der Waals surface area contributed by atoms with Gasteiger partial charge in [-0.15, -0.1) is 0 Å². The molecule has 0 spiro atoms. The third-order valence-electron chi connectivity index (χ3n) is 3.74. The first-order chi connectivity index (χ1) is 9.28. The van der Waals surface area contributed by atoms with Gasteiger partial charge in [-0.3, -0.25) is 10.00 Å². The first kappa shape index (κ1) is 12.2. The zero-order valence-corrected chi connectivity index (χ0v) is 11.1. The van der Waals surface area contributed by atoms with E-state index in [1.807, 2.05) is 0 Å². The van der Waals surface area contributed by atoms with E-state index in [9.17, 15) is 0 Å². The monoisotopic (exact) mass is 261 g/mol. The summed E-state index contributed by atoms with van der Waals surface area (Å²) >= 11 is 0. The zero-order chi connectivity index (χ0) is 13.2. The highest BCUT2D eigenvalue weighted by molar-refractivity contribution is 5.86. The normalized spacial score (nSPS) is 20.2. The van der Waals surface area contributed by atoms with Crippen molar-refractivity contribution in [3.05, 3.63) is 6.20 Å². The molecular formula is C12H19N7. The number of H-pyrrole nitrogens is 1. The number of aromatic amines is 1.